The molecule has 116 valence electrons. The van der Waals surface area contributed by atoms with Crippen molar-refractivity contribution in [2.24, 2.45) is 10.9 Å². The van der Waals surface area contributed by atoms with Crippen LogP contribution in [-0.2, 0) is 20.8 Å². The number of benzene rings is 1. The Balaban J connectivity index is 2.68. The molecule has 0 saturated carbocycles. The Kier molecular flexibility index (Phi) is 6.51. The van der Waals surface area contributed by atoms with Crippen LogP contribution in [0.15, 0.2) is 35.5 Å². The summed E-state index contributed by atoms with van der Waals surface area (Å²) in [7, 11) is -4.38. The van der Waals surface area contributed by atoms with Crippen LogP contribution in [0.5, 0.6) is 0 Å². The number of carboxylic acids is 1. The first kappa shape index (κ1) is 17.3. The molecular formula is C12H17N2O6P. The molecule has 0 radical (unpaired) electrons. The summed E-state index contributed by atoms with van der Waals surface area (Å²) in [6, 6.07) is 7.73. The van der Waals surface area contributed by atoms with Crippen molar-refractivity contribution in [3.05, 3.63) is 35.9 Å². The van der Waals surface area contributed by atoms with Crippen LogP contribution in [0.25, 0.3) is 0 Å². The molecule has 1 aromatic carbocycles. The van der Waals surface area contributed by atoms with E-state index < -0.39 is 25.8 Å². The molecule has 0 aromatic heterocycles. The summed E-state index contributed by atoms with van der Waals surface area (Å²) < 4.78 is 11.0. The van der Waals surface area contributed by atoms with Gasteiger partial charge in [-0.05, 0) is 5.56 Å². The lowest BCUT2D eigenvalue weighted by Crippen LogP contribution is -2.33. The Labute approximate surface area is 121 Å². The second kappa shape index (κ2) is 7.90. The predicted octanol–water partition coefficient (Wildman–Crippen LogP) is 0.539. The fraction of sp³-hybridized carbons (Fsp3) is 0.333. The van der Waals surface area contributed by atoms with Gasteiger partial charge in [-0.15, -0.1) is 0 Å². The molecule has 1 rings (SSSR count). The molecule has 5 N–H and O–H groups in total. The molecule has 0 heterocycles. The summed E-state index contributed by atoms with van der Waals surface area (Å²) in [5, 5.41) is 12.3. The van der Waals surface area contributed by atoms with Gasteiger partial charge in [-0.2, -0.15) is 0 Å². The molecule has 1 atom stereocenters. The van der Waals surface area contributed by atoms with Crippen LogP contribution in [0, 0.1) is 0 Å². The number of nitrogens with two attached hydrogens (primary N) is 1. The number of carbonyl (C=O) groups is 1. The average Bonchev–Trinajstić information content (AvgIpc) is 2.37. The van der Waals surface area contributed by atoms with Crippen molar-refractivity contribution >= 4 is 19.3 Å². The number of oxime groups is 1. The van der Waals surface area contributed by atoms with Gasteiger partial charge in [0, 0.05) is 6.42 Å². The van der Waals surface area contributed by atoms with E-state index in [-0.39, 0.29) is 18.7 Å². The second-order valence-corrected chi connectivity index (χ2v) is 6.03. The lowest BCUT2D eigenvalue weighted by atomic mass is 10.1. The van der Waals surface area contributed by atoms with Gasteiger partial charge in [-0.1, -0.05) is 35.5 Å². The third-order valence-corrected chi connectivity index (χ3v) is 3.21. The highest BCUT2D eigenvalue weighted by atomic mass is 31.2. The lowest BCUT2D eigenvalue weighted by Gasteiger charge is -2.10. The lowest BCUT2D eigenvalue weighted by molar-refractivity contribution is -0.138. The van der Waals surface area contributed by atoms with E-state index >= 15 is 0 Å². The van der Waals surface area contributed by atoms with Crippen molar-refractivity contribution in [1.82, 2.24) is 0 Å². The Morgan fingerprint density at radius 1 is 1.33 bits per heavy atom. The van der Waals surface area contributed by atoms with Crippen molar-refractivity contribution in [2.75, 3.05) is 6.16 Å². The van der Waals surface area contributed by atoms with Gasteiger partial charge in [0.05, 0.1) is 11.9 Å². The minimum atomic E-state index is -4.38. The van der Waals surface area contributed by atoms with Crippen LogP contribution in [0.1, 0.15) is 12.0 Å². The van der Waals surface area contributed by atoms with Crippen LogP contribution in [0.2, 0.25) is 0 Å². The summed E-state index contributed by atoms with van der Waals surface area (Å²) in [6.45, 7) is 0.105. The van der Waals surface area contributed by atoms with E-state index in [4.69, 9.17) is 25.5 Å². The largest absolute Gasteiger partial charge is 0.480 e. The number of rotatable bonds is 8. The zero-order chi connectivity index (χ0) is 15.9. The molecule has 0 fully saturated rings. The molecule has 0 aliphatic heterocycles. The summed E-state index contributed by atoms with van der Waals surface area (Å²) in [4.78, 5) is 33.6. The SMILES string of the molecule is NC(CC(CP(=O)(O)O)=NOCc1ccccc1)C(=O)O. The Morgan fingerprint density at radius 3 is 2.48 bits per heavy atom. The quantitative estimate of drug-likeness (QED) is 0.311. The molecule has 0 amide bonds. The van der Waals surface area contributed by atoms with Crippen molar-refractivity contribution in [3.8, 4) is 0 Å². The summed E-state index contributed by atoms with van der Waals surface area (Å²) >= 11 is 0. The normalized spacial score (nSPS) is 13.8. The van der Waals surface area contributed by atoms with Gasteiger partial charge in [0.15, 0.2) is 0 Å². The summed E-state index contributed by atoms with van der Waals surface area (Å²) in [5.74, 6) is -1.28. The average molecular weight is 316 g/mol. The van der Waals surface area contributed by atoms with E-state index in [0.29, 0.717) is 0 Å². The molecule has 0 bridgehead atoms. The highest BCUT2D eigenvalue weighted by Gasteiger charge is 2.22. The van der Waals surface area contributed by atoms with E-state index in [1.165, 1.54) is 0 Å². The molecule has 0 spiro atoms. The number of hydrogen-bond donors (Lipinski definition) is 4. The third kappa shape index (κ3) is 7.57. The zero-order valence-electron chi connectivity index (χ0n) is 11.1. The first-order valence-corrected chi connectivity index (χ1v) is 7.82. The Hall–Kier alpha value is -1.73. The monoisotopic (exact) mass is 316 g/mol. The number of carboxylic acid groups (broad SMARTS) is 1. The maximum atomic E-state index is 11.0. The van der Waals surface area contributed by atoms with Crippen LogP contribution in [-0.4, -0.2) is 38.8 Å². The van der Waals surface area contributed by atoms with E-state index in [1.807, 2.05) is 6.07 Å². The minimum Gasteiger partial charge on any atom is -0.480 e. The standard InChI is InChI=1S/C12H17N2O6P/c13-11(12(15)16)6-10(8-21(17,18)19)14-20-7-9-4-2-1-3-5-9/h1-5,11H,6-8,13H2,(H,15,16)(H2,17,18,19). The second-order valence-electron chi connectivity index (χ2n) is 4.39. The third-order valence-electron chi connectivity index (χ3n) is 2.43. The molecule has 0 aliphatic rings. The molecular weight excluding hydrogens is 299 g/mol. The molecule has 0 saturated heterocycles. The van der Waals surface area contributed by atoms with Crippen molar-refractivity contribution in [2.45, 2.75) is 19.1 Å². The van der Waals surface area contributed by atoms with Crippen LogP contribution >= 0.6 is 7.60 Å². The highest BCUT2D eigenvalue weighted by Crippen LogP contribution is 2.34. The predicted molar refractivity (Wildman–Crippen MR) is 75.8 cm³/mol. The van der Waals surface area contributed by atoms with Gasteiger partial charge in [0.2, 0.25) is 0 Å². The van der Waals surface area contributed by atoms with E-state index in [0.717, 1.165) is 5.56 Å². The van der Waals surface area contributed by atoms with Crippen molar-refractivity contribution < 1.29 is 29.1 Å². The minimum absolute atomic E-state index is 0.0887. The van der Waals surface area contributed by atoms with Gasteiger partial charge >= 0.3 is 13.6 Å². The van der Waals surface area contributed by atoms with Gasteiger partial charge in [-0.25, -0.2) is 0 Å². The number of hydrogen-bond acceptors (Lipinski definition) is 5. The van der Waals surface area contributed by atoms with Crippen LogP contribution in [0.3, 0.4) is 0 Å². The fourth-order valence-electron chi connectivity index (χ4n) is 1.48. The van der Waals surface area contributed by atoms with Crippen molar-refractivity contribution in [3.63, 3.8) is 0 Å². The van der Waals surface area contributed by atoms with E-state index in [1.54, 1.807) is 24.3 Å². The maximum Gasteiger partial charge on any atom is 0.331 e. The van der Waals surface area contributed by atoms with Gasteiger partial charge in [-0.3, -0.25) is 9.36 Å². The van der Waals surface area contributed by atoms with E-state index in [2.05, 4.69) is 5.16 Å². The smallest absolute Gasteiger partial charge is 0.331 e. The van der Waals surface area contributed by atoms with Crippen molar-refractivity contribution in [1.29, 1.82) is 0 Å². The van der Waals surface area contributed by atoms with Crippen LogP contribution < -0.4 is 5.73 Å². The molecule has 1 aromatic rings. The molecule has 21 heavy (non-hydrogen) atoms. The maximum absolute atomic E-state index is 11.0. The highest BCUT2D eigenvalue weighted by molar-refractivity contribution is 7.52. The van der Waals surface area contributed by atoms with Gasteiger partial charge in [0.1, 0.15) is 12.6 Å². The summed E-state index contributed by atoms with van der Waals surface area (Å²) in [6.07, 6.45) is -0.988. The van der Waals surface area contributed by atoms with Crippen LogP contribution in [0.4, 0.5) is 0 Å². The molecule has 0 aliphatic carbocycles. The Morgan fingerprint density at radius 2 is 1.95 bits per heavy atom. The first-order chi connectivity index (χ1) is 9.78. The summed E-state index contributed by atoms with van der Waals surface area (Å²) in [5.41, 5.74) is 6.06. The molecule has 1 unspecified atom stereocenters. The Bertz CT molecular complexity index is 542. The number of aliphatic carboxylic acids is 1. The zero-order valence-corrected chi connectivity index (χ0v) is 12.0. The fourth-order valence-corrected chi connectivity index (χ4v) is 2.14. The van der Waals surface area contributed by atoms with Gasteiger partial charge < -0.3 is 25.5 Å². The van der Waals surface area contributed by atoms with E-state index in [9.17, 15) is 9.36 Å². The first-order valence-electron chi connectivity index (χ1n) is 6.02. The van der Waals surface area contributed by atoms with Gasteiger partial charge in [0.25, 0.3) is 0 Å². The number of nitrogens with zero attached hydrogens (tertiary/aromatic N) is 1. The molecule has 9 heteroatoms. The molecule has 8 nitrogen and oxygen atoms in total. The topological polar surface area (TPSA) is 142 Å².